The third kappa shape index (κ3) is 5.30. The maximum absolute atomic E-state index is 14.0. The number of aromatic nitrogens is 4. The second-order valence-electron chi connectivity index (χ2n) is 11.4. The van der Waals surface area contributed by atoms with Gasteiger partial charge in [0, 0.05) is 44.0 Å². The van der Waals surface area contributed by atoms with Gasteiger partial charge in [-0.25, -0.2) is 13.4 Å². The van der Waals surface area contributed by atoms with Gasteiger partial charge in [-0.05, 0) is 79.1 Å². The van der Waals surface area contributed by atoms with Crippen LogP contribution in [-0.4, -0.2) is 62.5 Å². The van der Waals surface area contributed by atoms with E-state index in [2.05, 4.69) is 20.1 Å². The van der Waals surface area contributed by atoms with Gasteiger partial charge in [0.2, 0.25) is 15.8 Å². The van der Waals surface area contributed by atoms with Crippen molar-refractivity contribution < 1.29 is 31.5 Å². The predicted octanol–water partition coefficient (Wildman–Crippen LogP) is 4.93. The number of rotatable bonds is 6. The topological polar surface area (TPSA) is 121 Å². The van der Waals surface area contributed by atoms with Crippen LogP contribution in [0.25, 0.3) is 5.65 Å². The van der Waals surface area contributed by atoms with Gasteiger partial charge in [0.15, 0.2) is 5.65 Å². The van der Waals surface area contributed by atoms with Crippen LogP contribution in [0.15, 0.2) is 53.7 Å². The molecule has 1 fully saturated rings. The second-order valence-corrected chi connectivity index (χ2v) is 13.3. The number of alkyl halides is 3. The number of carboxylic acids is 1. The Morgan fingerprint density at radius 3 is 2.68 bits per heavy atom. The smallest absolute Gasteiger partial charge is 0.452 e. The number of pyridine rings is 2. The van der Waals surface area contributed by atoms with Crippen molar-refractivity contribution in [3.8, 4) is 0 Å². The Kier molecular flexibility index (Phi) is 7.60. The molecule has 1 unspecified atom stereocenters. The lowest BCUT2D eigenvalue weighted by molar-refractivity contribution is -0.145. The molecule has 2 atom stereocenters. The largest absolute Gasteiger partial charge is 0.481 e. The zero-order valence-corrected chi connectivity index (χ0v) is 24.9. The van der Waals surface area contributed by atoms with Gasteiger partial charge in [-0.15, -0.1) is 10.2 Å². The highest BCUT2D eigenvalue weighted by Gasteiger charge is 2.40. The Morgan fingerprint density at radius 1 is 1.14 bits per heavy atom. The molecule has 0 radical (unpaired) electrons. The van der Waals surface area contributed by atoms with E-state index in [0.29, 0.717) is 28.1 Å². The predicted molar refractivity (Wildman–Crippen MR) is 155 cm³/mol. The van der Waals surface area contributed by atoms with Crippen LogP contribution in [0.1, 0.15) is 65.2 Å². The van der Waals surface area contributed by atoms with Gasteiger partial charge in [0.25, 0.3) is 0 Å². The molecule has 2 aliphatic heterocycles. The number of nitrogens with zero attached hydrogens (tertiary/aromatic N) is 6. The number of anilines is 1. The Balaban J connectivity index is 1.40. The van der Waals surface area contributed by atoms with Crippen molar-refractivity contribution in [2.24, 2.45) is 0 Å². The molecule has 44 heavy (non-hydrogen) atoms. The van der Waals surface area contributed by atoms with Crippen molar-refractivity contribution in [1.82, 2.24) is 23.9 Å². The van der Waals surface area contributed by atoms with Crippen LogP contribution >= 0.6 is 0 Å². The molecule has 14 heteroatoms. The van der Waals surface area contributed by atoms with Crippen LogP contribution in [0.5, 0.6) is 0 Å². The van der Waals surface area contributed by atoms with Gasteiger partial charge in [-0.2, -0.15) is 17.5 Å². The highest BCUT2D eigenvalue weighted by Crippen LogP contribution is 2.38. The summed E-state index contributed by atoms with van der Waals surface area (Å²) in [6.07, 6.45) is 0.544. The van der Waals surface area contributed by atoms with Crippen LogP contribution in [-0.2, 0) is 27.5 Å². The molecule has 0 aliphatic carbocycles. The first-order valence-corrected chi connectivity index (χ1v) is 15.7. The number of aliphatic carboxylic acids is 1. The Labute approximate surface area is 252 Å². The number of hydrogen-bond donors (Lipinski definition) is 1. The van der Waals surface area contributed by atoms with E-state index in [-0.39, 0.29) is 36.1 Å². The van der Waals surface area contributed by atoms with E-state index >= 15 is 0 Å². The fraction of sp³-hybridized carbons (Fsp3) is 0.400. The molecule has 1 saturated heterocycles. The summed E-state index contributed by atoms with van der Waals surface area (Å²) >= 11 is 0. The van der Waals surface area contributed by atoms with Crippen LogP contribution < -0.4 is 4.90 Å². The molecule has 232 valence electrons. The van der Waals surface area contributed by atoms with Crippen LogP contribution in [0.2, 0.25) is 0 Å². The van der Waals surface area contributed by atoms with E-state index in [1.54, 1.807) is 37.4 Å². The van der Waals surface area contributed by atoms with E-state index in [1.165, 1.54) is 16.6 Å². The van der Waals surface area contributed by atoms with Crippen molar-refractivity contribution in [3.63, 3.8) is 0 Å². The number of fused-ring (bicyclic) bond motifs is 4. The highest BCUT2D eigenvalue weighted by molar-refractivity contribution is 7.89. The number of sulfonamides is 1. The zero-order chi connectivity index (χ0) is 31.4. The van der Waals surface area contributed by atoms with Gasteiger partial charge < -0.3 is 10.0 Å². The average molecular weight is 629 g/mol. The van der Waals surface area contributed by atoms with Crippen LogP contribution in [0.3, 0.4) is 0 Å². The van der Waals surface area contributed by atoms with E-state index in [9.17, 15) is 31.5 Å². The molecular formula is C30H31F3N6O4S. The summed E-state index contributed by atoms with van der Waals surface area (Å²) in [5, 5.41) is 16.9. The summed E-state index contributed by atoms with van der Waals surface area (Å²) in [6.45, 7) is 4.53. The van der Waals surface area contributed by atoms with Crippen LogP contribution in [0, 0.1) is 13.8 Å². The molecule has 2 aliphatic rings. The normalized spacial score (nSPS) is 19.3. The van der Waals surface area contributed by atoms with Crippen LogP contribution in [0.4, 0.5) is 19.0 Å². The molecule has 0 bridgehead atoms. The van der Waals surface area contributed by atoms with Gasteiger partial charge in [-0.3, -0.25) is 9.20 Å². The summed E-state index contributed by atoms with van der Waals surface area (Å²) < 4.78 is 70.7. The number of piperidine rings is 1. The lowest BCUT2D eigenvalue weighted by Crippen LogP contribution is -2.45. The van der Waals surface area contributed by atoms with E-state index in [1.807, 2.05) is 13.0 Å². The average Bonchev–Trinajstić information content (AvgIpc) is 3.40. The number of carbonyl (C=O) groups is 1. The fourth-order valence-electron chi connectivity index (χ4n) is 6.41. The Bertz CT molecular complexity index is 1860. The van der Waals surface area contributed by atoms with Gasteiger partial charge in [-0.1, -0.05) is 18.2 Å². The van der Waals surface area contributed by atoms with Crippen molar-refractivity contribution >= 4 is 27.5 Å². The molecule has 5 heterocycles. The minimum Gasteiger partial charge on any atom is -0.481 e. The molecule has 3 aromatic heterocycles. The van der Waals surface area contributed by atoms with Crippen molar-refractivity contribution in [2.75, 3.05) is 18.0 Å². The monoisotopic (exact) mass is 628 g/mol. The van der Waals surface area contributed by atoms with Crippen molar-refractivity contribution in [3.05, 3.63) is 82.4 Å². The van der Waals surface area contributed by atoms with Crippen molar-refractivity contribution in [2.45, 2.75) is 69.1 Å². The molecule has 10 nitrogen and oxygen atoms in total. The third-order valence-electron chi connectivity index (χ3n) is 8.68. The standard InChI is InChI=1S/C30H31F3N6O4S/c1-18-8-9-20(24(15-26(40)41)23-10-13-39-27(19(23)2)35-36-29(39)30(31,32)33)14-21(18)16-37-17-22-6-3-4-12-38(22)28-25(44(37,42)43)7-5-11-34-28/h5,7-11,13-14,22,24H,3-4,6,12,15-17H2,1-2H3,(H,40,41)/t22-,24?/m0/s1. The minimum absolute atomic E-state index is 0.0162. The first-order chi connectivity index (χ1) is 20.9. The maximum Gasteiger partial charge on any atom is 0.452 e. The lowest BCUT2D eigenvalue weighted by atomic mass is 9.85. The molecular weight excluding hydrogens is 597 g/mol. The van der Waals surface area contributed by atoms with Gasteiger partial charge >= 0.3 is 12.1 Å². The number of benzene rings is 1. The quantitative estimate of drug-likeness (QED) is 0.319. The Hall–Kier alpha value is -4.04. The molecule has 1 N–H and O–H groups in total. The maximum atomic E-state index is 14.0. The Morgan fingerprint density at radius 2 is 1.93 bits per heavy atom. The number of halogens is 3. The van der Waals surface area contributed by atoms with Gasteiger partial charge in [0.1, 0.15) is 10.7 Å². The fourth-order valence-corrected chi connectivity index (χ4v) is 8.02. The lowest BCUT2D eigenvalue weighted by Gasteiger charge is -2.36. The van der Waals surface area contributed by atoms with Gasteiger partial charge in [0.05, 0.1) is 6.42 Å². The SMILES string of the molecule is Cc1ccc(C(CC(=O)O)c2ccn3c(C(F)(F)F)nnc3c2C)cc1CN1C[C@@H]2CCCCN2c2ncccc2S1(=O)=O. The number of aryl methyl sites for hydroxylation is 2. The molecule has 4 aromatic rings. The summed E-state index contributed by atoms with van der Waals surface area (Å²) in [4.78, 5) is 18.7. The number of hydrogen-bond acceptors (Lipinski definition) is 7. The van der Waals surface area contributed by atoms with E-state index in [4.69, 9.17) is 0 Å². The summed E-state index contributed by atoms with van der Waals surface area (Å²) in [5.74, 6) is -2.52. The molecule has 6 rings (SSSR count). The minimum atomic E-state index is -4.71. The molecule has 0 amide bonds. The first-order valence-electron chi connectivity index (χ1n) is 14.3. The second kappa shape index (κ2) is 11.1. The zero-order valence-electron chi connectivity index (χ0n) is 24.1. The summed E-state index contributed by atoms with van der Waals surface area (Å²) in [6, 6.07) is 10.0. The van der Waals surface area contributed by atoms with E-state index < -0.39 is 33.9 Å². The van der Waals surface area contributed by atoms with Crippen molar-refractivity contribution in [1.29, 1.82) is 0 Å². The van der Waals surface area contributed by atoms with E-state index in [0.717, 1.165) is 35.8 Å². The molecule has 0 spiro atoms. The summed E-state index contributed by atoms with van der Waals surface area (Å²) in [7, 11) is -3.91. The number of carboxylic acid groups (broad SMARTS) is 1. The first kappa shape index (κ1) is 30.0. The molecule has 1 aromatic carbocycles. The summed E-state index contributed by atoms with van der Waals surface area (Å²) in [5.41, 5.74) is 2.99. The third-order valence-corrected chi connectivity index (χ3v) is 10.5. The highest BCUT2D eigenvalue weighted by atomic mass is 32.2. The molecule has 0 saturated carbocycles.